The van der Waals surface area contributed by atoms with Crippen LogP contribution in [0.2, 0.25) is 0 Å². The average molecular weight is 436 g/mol. The topological polar surface area (TPSA) is 77.8 Å². The molecule has 1 aromatic heterocycles. The van der Waals surface area contributed by atoms with E-state index in [1.54, 1.807) is 44.6 Å². The van der Waals surface area contributed by atoms with Crippen LogP contribution in [0.5, 0.6) is 11.5 Å². The van der Waals surface area contributed by atoms with Crippen molar-refractivity contribution < 1.29 is 18.7 Å². The predicted octanol–water partition coefficient (Wildman–Crippen LogP) is 5.19. The number of hydrogen-bond donors (Lipinski definition) is 1. The molecular weight excluding hydrogens is 406 g/mol. The second kappa shape index (κ2) is 11.2. The quantitative estimate of drug-likeness (QED) is 0.350. The number of nitrogens with one attached hydrogen (secondary N) is 1. The summed E-state index contributed by atoms with van der Waals surface area (Å²) in [5.41, 5.74) is 1.21. The van der Waals surface area contributed by atoms with Gasteiger partial charge in [-0.15, -0.1) is 0 Å². The average Bonchev–Trinajstić information content (AvgIpc) is 2.82. The van der Waals surface area contributed by atoms with Crippen LogP contribution in [-0.4, -0.2) is 26.7 Å². The van der Waals surface area contributed by atoms with Crippen LogP contribution < -0.4 is 20.2 Å². The van der Waals surface area contributed by atoms with E-state index in [0.29, 0.717) is 45.9 Å². The number of benzene rings is 2. The molecule has 0 spiro atoms. The van der Waals surface area contributed by atoms with Crippen LogP contribution in [-0.2, 0) is 4.79 Å². The van der Waals surface area contributed by atoms with E-state index < -0.39 is 0 Å². The Morgan fingerprint density at radius 3 is 2.41 bits per heavy atom. The Morgan fingerprint density at radius 2 is 1.72 bits per heavy atom. The van der Waals surface area contributed by atoms with Crippen molar-refractivity contribution in [2.45, 2.75) is 32.6 Å². The van der Waals surface area contributed by atoms with Gasteiger partial charge in [-0.25, -0.2) is 0 Å². The van der Waals surface area contributed by atoms with Crippen molar-refractivity contribution in [2.24, 2.45) is 0 Å². The zero-order valence-electron chi connectivity index (χ0n) is 18.8. The normalized spacial score (nSPS) is 11.1. The first-order valence-corrected chi connectivity index (χ1v) is 10.8. The van der Waals surface area contributed by atoms with E-state index >= 15 is 0 Å². The summed E-state index contributed by atoms with van der Waals surface area (Å²) in [4.78, 5) is 25.6. The third kappa shape index (κ3) is 5.58. The van der Waals surface area contributed by atoms with E-state index in [1.165, 1.54) is 12.2 Å². The zero-order valence-corrected chi connectivity index (χ0v) is 18.8. The minimum absolute atomic E-state index is 0.216. The maximum atomic E-state index is 13.3. The van der Waals surface area contributed by atoms with Crippen molar-refractivity contribution in [1.82, 2.24) is 5.32 Å². The number of amides is 1. The lowest BCUT2D eigenvalue weighted by molar-refractivity contribution is -0.116. The largest absolute Gasteiger partial charge is 0.497 e. The summed E-state index contributed by atoms with van der Waals surface area (Å²) in [6.45, 7) is 2.76. The van der Waals surface area contributed by atoms with E-state index in [4.69, 9.17) is 13.9 Å². The van der Waals surface area contributed by atoms with Crippen LogP contribution in [0.4, 0.5) is 0 Å². The molecule has 3 rings (SSSR count). The molecule has 1 heterocycles. The molecule has 0 aliphatic rings. The van der Waals surface area contributed by atoms with Gasteiger partial charge in [0.1, 0.15) is 22.8 Å². The molecule has 0 saturated carbocycles. The van der Waals surface area contributed by atoms with Crippen molar-refractivity contribution in [3.05, 3.63) is 64.3 Å². The summed E-state index contributed by atoms with van der Waals surface area (Å²) in [5, 5.41) is 3.29. The Kier molecular flexibility index (Phi) is 8.08. The Balaban J connectivity index is 1.98. The van der Waals surface area contributed by atoms with E-state index in [2.05, 4.69) is 12.2 Å². The highest BCUT2D eigenvalue weighted by Gasteiger charge is 2.15. The lowest BCUT2D eigenvalue weighted by Crippen LogP contribution is -2.22. The Morgan fingerprint density at radius 1 is 1.00 bits per heavy atom. The predicted molar refractivity (Wildman–Crippen MR) is 127 cm³/mol. The maximum Gasteiger partial charge on any atom is 0.244 e. The number of unbranched alkanes of at least 4 members (excludes halogenated alkanes) is 3. The first-order valence-electron chi connectivity index (χ1n) is 10.8. The van der Waals surface area contributed by atoms with Crippen molar-refractivity contribution in [1.29, 1.82) is 0 Å². The molecule has 168 valence electrons. The van der Waals surface area contributed by atoms with Crippen LogP contribution >= 0.6 is 0 Å². The molecule has 2 aromatic carbocycles. The van der Waals surface area contributed by atoms with E-state index in [1.807, 2.05) is 12.1 Å². The second-order valence-electron chi connectivity index (χ2n) is 7.45. The van der Waals surface area contributed by atoms with Crippen LogP contribution in [0.25, 0.3) is 28.4 Å². The molecule has 0 radical (unpaired) electrons. The molecule has 6 heteroatoms. The second-order valence-corrected chi connectivity index (χ2v) is 7.45. The Bertz CT molecular complexity index is 1150. The van der Waals surface area contributed by atoms with Crippen molar-refractivity contribution in [3.63, 3.8) is 0 Å². The monoisotopic (exact) mass is 435 g/mol. The molecule has 3 aromatic rings. The van der Waals surface area contributed by atoms with E-state index in [-0.39, 0.29) is 11.3 Å². The summed E-state index contributed by atoms with van der Waals surface area (Å²) < 4.78 is 16.6. The van der Waals surface area contributed by atoms with E-state index in [0.717, 1.165) is 25.7 Å². The highest BCUT2D eigenvalue weighted by atomic mass is 16.5. The molecule has 32 heavy (non-hydrogen) atoms. The summed E-state index contributed by atoms with van der Waals surface area (Å²) in [7, 11) is 3.15. The number of hydrogen-bond acceptors (Lipinski definition) is 5. The van der Waals surface area contributed by atoms with Gasteiger partial charge in [-0.2, -0.15) is 0 Å². The third-order valence-corrected chi connectivity index (χ3v) is 5.22. The molecule has 1 N–H and O–H groups in total. The fraction of sp³-hybridized carbons (Fsp3) is 0.308. The minimum atomic E-state index is -0.239. The van der Waals surface area contributed by atoms with Gasteiger partial charge in [0.15, 0.2) is 0 Å². The number of carbonyl (C=O) groups excluding carboxylic acids is 1. The lowest BCUT2D eigenvalue weighted by Gasteiger charge is -2.09. The summed E-state index contributed by atoms with van der Waals surface area (Å²) in [6.07, 6.45) is 7.22. The first kappa shape index (κ1) is 23.1. The standard InChI is InChI=1S/C26H29NO5/c1-4-5-6-7-16-27-24(28)15-14-22-25(29)21-13-12-20(31-3)17-23(21)32-26(22)18-8-10-19(30-2)11-9-18/h8-15,17H,4-7,16H2,1-3H3,(H,27,28)/b15-14+. The molecule has 0 unspecified atom stereocenters. The number of carbonyl (C=O) groups is 1. The van der Waals surface area contributed by atoms with Gasteiger partial charge < -0.3 is 19.2 Å². The van der Waals surface area contributed by atoms with Gasteiger partial charge in [-0.1, -0.05) is 26.2 Å². The van der Waals surface area contributed by atoms with Gasteiger partial charge in [0, 0.05) is 24.3 Å². The highest BCUT2D eigenvalue weighted by molar-refractivity contribution is 5.94. The molecule has 0 fully saturated rings. The van der Waals surface area contributed by atoms with Gasteiger partial charge in [0.2, 0.25) is 11.3 Å². The molecule has 0 atom stereocenters. The molecule has 0 saturated heterocycles. The zero-order chi connectivity index (χ0) is 22.9. The molecule has 0 bridgehead atoms. The van der Waals surface area contributed by atoms with Gasteiger partial charge in [0.05, 0.1) is 25.2 Å². The summed E-state index contributed by atoms with van der Waals surface area (Å²) in [5.74, 6) is 1.42. The molecular formula is C26H29NO5. The fourth-order valence-electron chi connectivity index (χ4n) is 3.40. The van der Waals surface area contributed by atoms with Crippen molar-refractivity contribution >= 4 is 23.0 Å². The molecule has 1 amide bonds. The number of methoxy groups -OCH3 is 2. The van der Waals surface area contributed by atoms with Gasteiger partial charge in [0.25, 0.3) is 0 Å². The summed E-state index contributed by atoms with van der Waals surface area (Å²) in [6, 6.07) is 12.3. The first-order chi connectivity index (χ1) is 15.6. The van der Waals surface area contributed by atoms with Crippen LogP contribution in [0.1, 0.15) is 38.2 Å². The fourth-order valence-corrected chi connectivity index (χ4v) is 3.40. The Hall–Kier alpha value is -3.54. The highest BCUT2D eigenvalue weighted by Crippen LogP contribution is 2.29. The van der Waals surface area contributed by atoms with Crippen molar-refractivity contribution in [3.8, 4) is 22.8 Å². The third-order valence-electron chi connectivity index (χ3n) is 5.22. The smallest absolute Gasteiger partial charge is 0.244 e. The molecule has 0 aliphatic carbocycles. The SMILES string of the molecule is CCCCCCNC(=O)/C=C/c1c(-c2ccc(OC)cc2)oc2cc(OC)ccc2c1=O. The van der Waals surface area contributed by atoms with Gasteiger partial charge >= 0.3 is 0 Å². The Labute approximate surface area is 187 Å². The van der Waals surface area contributed by atoms with Crippen LogP contribution in [0, 0.1) is 0 Å². The van der Waals surface area contributed by atoms with E-state index in [9.17, 15) is 9.59 Å². The van der Waals surface area contributed by atoms with Crippen molar-refractivity contribution in [2.75, 3.05) is 20.8 Å². The maximum absolute atomic E-state index is 13.3. The number of ether oxygens (including phenoxy) is 2. The van der Waals surface area contributed by atoms with Gasteiger partial charge in [-0.05, 0) is 48.9 Å². The lowest BCUT2D eigenvalue weighted by atomic mass is 10.0. The number of rotatable bonds is 10. The van der Waals surface area contributed by atoms with Crippen LogP contribution in [0.15, 0.2) is 57.8 Å². The van der Waals surface area contributed by atoms with Crippen LogP contribution in [0.3, 0.4) is 0 Å². The summed E-state index contributed by atoms with van der Waals surface area (Å²) >= 11 is 0. The number of fused-ring (bicyclic) bond motifs is 1. The minimum Gasteiger partial charge on any atom is -0.497 e. The van der Waals surface area contributed by atoms with Gasteiger partial charge in [-0.3, -0.25) is 9.59 Å². The molecule has 6 nitrogen and oxygen atoms in total. The molecule has 0 aliphatic heterocycles.